The van der Waals surface area contributed by atoms with Crippen LogP contribution in [-0.4, -0.2) is 19.9 Å². The summed E-state index contributed by atoms with van der Waals surface area (Å²) in [5, 5.41) is 0. The van der Waals surface area contributed by atoms with E-state index in [0.29, 0.717) is 11.6 Å². The summed E-state index contributed by atoms with van der Waals surface area (Å²) in [6.45, 7) is 0. The molecule has 0 spiro atoms. The third-order valence-electron chi connectivity index (χ3n) is 10.6. The van der Waals surface area contributed by atoms with Gasteiger partial charge in [-0.05, 0) is 84.9 Å². The maximum absolute atomic E-state index is 5.28. The van der Waals surface area contributed by atoms with Crippen molar-refractivity contribution in [2.24, 2.45) is 0 Å². The molecule has 0 saturated heterocycles. The average molecular weight is 797 g/mol. The van der Waals surface area contributed by atoms with Gasteiger partial charge in [0.1, 0.15) is 0 Å². The first kappa shape index (κ1) is 37.8. The van der Waals surface area contributed by atoms with Gasteiger partial charge in [0, 0.05) is 56.4 Å². The van der Waals surface area contributed by atoms with Crippen LogP contribution in [0.2, 0.25) is 0 Å². The van der Waals surface area contributed by atoms with E-state index in [0.717, 1.165) is 79.2 Å². The summed E-state index contributed by atoms with van der Waals surface area (Å²) in [5.41, 5.74) is 13.1. The molecule has 0 atom stereocenters. The molecule has 62 heavy (non-hydrogen) atoms. The van der Waals surface area contributed by atoms with Gasteiger partial charge in [-0.3, -0.25) is 0 Å². The standard InChI is InChI=1S/C56H40N6/c1-7-21-41(22-8-1)51-39-53(43-25-19-35-49(37-43)61(45-27-11-3-12-28-45)46-29-13-4-14-30-46)59-55(57-51)56-58-52(42-23-9-2-10-24-42)40-54(60-56)44-26-20-36-50(38-44)62(47-31-15-5-16-32-47)48-33-17-6-18-34-48/h1-40H. The number of aromatic nitrogens is 4. The molecular formula is C56H40N6. The highest BCUT2D eigenvalue weighted by Gasteiger charge is 2.19. The Morgan fingerprint density at radius 1 is 0.210 bits per heavy atom. The van der Waals surface area contributed by atoms with Crippen LogP contribution in [0.15, 0.2) is 243 Å². The lowest BCUT2D eigenvalue weighted by Gasteiger charge is -2.26. The second-order valence-corrected chi connectivity index (χ2v) is 14.8. The van der Waals surface area contributed by atoms with Crippen LogP contribution < -0.4 is 9.80 Å². The van der Waals surface area contributed by atoms with Crippen LogP contribution in [0.1, 0.15) is 0 Å². The van der Waals surface area contributed by atoms with Gasteiger partial charge in [-0.2, -0.15) is 0 Å². The molecule has 2 aromatic heterocycles. The predicted molar refractivity (Wildman–Crippen MR) is 254 cm³/mol. The summed E-state index contributed by atoms with van der Waals surface area (Å²) >= 11 is 0. The molecule has 0 amide bonds. The van der Waals surface area contributed by atoms with Gasteiger partial charge >= 0.3 is 0 Å². The van der Waals surface area contributed by atoms with Gasteiger partial charge in [0.2, 0.25) is 0 Å². The fraction of sp³-hybridized carbons (Fsp3) is 0. The Morgan fingerprint density at radius 2 is 0.452 bits per heavy atom. The molecule has 0 unspecified atom stereocenters. The molecule has 6 heteroatoms. The number of hydrogen-bond acceptors (Lipinski definition) is 6. The number of para-hydroxylation sites is 4. The minimum absolute atomic E-state index is 0.431. The Hall–Kier alpha value is -8.48. The number of rotatable bonds is 11. The van der Waals surface area contributed by atoms with Crippen LogP contribution in [-0.2, 0) is 0 Å². The van der Waals surface area contributed by atoms with E-state index >= 15 is 0 Å². The summed E-state index contributed by atoms with van der Waals surface area (Å²) in [6.07, 6.45) is 0. The van der Waals surface area contributed by atoms with E-state index < -0.39 is 0 Å². The molecule has 0 aliphatic heterocycles. The first-order valence-corrected chi connectivity index (χ1v) is 20.6. The summed E-state index contributed by atoms with van der Waals surface area (Å²) in [6, 6.07) is 83.2. The van der Waals surface area contributed by atoms with E-state index in [4.69, 9.17) is 19.9 Å². The summed E-state index contributed by atoms with van der Waals surface area (Å²) < 4.78 is 0. The lowest BCUT2D eigenvalue weighted by atomic mass is 10.1. The van der Waals surface area contributed by atoms with E-state index in [1.165, 1.54) is 0 Å². The van der Waals surface area contributed by atoms with Crippen LogP contribution in [0.3, 0.4) is 0 Å². The normalized spacial score (nSPS) is 10.9. The van der Waals surface area contributed by atoms with Crippen LogP contribution in [0, 0.1) is 0 Å². The summed E-state index contributed by atoms with van der Waals surface area (Å²) in [4.78, 5) is 25.5. The maximum Gasteiger partial charge on any atom is 0.198 e. The van der Waals surface area contributed by atoms with Crippen molar-refractivity contribution in [3.8, 4) is 56.7 Å². The molecule has 0 fully saturated rings. The molecule has 0 radical (unpaired) electrons. The zero-order valence-corrected chi connectivity index (χ0v) is 33.8. The monoisotopic (exact) mass is 796 g/mol. The third kappa shape index (κ3) is 8.09. The van der Waals surface area contributed by atoms with Crippen molar-refractivity contribution in [1.29, 1.82) is 0 Å². The third-order valence-corrected chi connectivity index (χ3v) is 10.6. The zero-order chi connectivity index (χ0) is 41.5. The molecule has 8 aromatic carbocycles. The minimum Gasteiger partial charge on any atom is -0.310 e. The molecule has 294 valence electrons. The highest BCUT2D eigenvalue weighted by molar-refractivity contribution is 5.82. The van der Waals surface area contributed by atoms with Crippen LogP contribution >= 0.6 is 0 Å². The van der Waals surface area contributed by atoms with Crippen LogP contribution in [0.4, 0.5) is 34.1 Å². The van der Waals surface area contributed by atoms with Crippen molar-refractivity contribution in [3.63, 3.8) is 0 Å². The Labute approximate surface area is 361 Å². The van der Waals surface area contributed by atoms with E-state index in [1.807, 2.05) is 60.7 Å². The van der Waals surface area contributed by atoms with Crippen molar-refractivity contribution >= 4 is 34.1 Å². The quantitative estimate of drug-likeness (QED) is 0.130. The Balaban J connectivity index is 1.13. The second kappa shape index (κ2) is 17.4. The highest BCUT2D eigenvalue weighted by atomic mass is 15.1. The largest absolute Gasteiger partial charge is 0.310 e. The second-order valence-electron chi connectivity index (χ2n) is 14.8. The van der Waals surface area contributed by atoms with Gasteiger partial charge in [0.05, 0.1) is 22.8 Å². The molecular weight excluding hydrogens is 757 g/mol. The fourth-order valence-electron chi connectivity index (χ4n) is 7.72. The van der Waals surface area contributed by atoms with Crippen LogP contribution in [0.5, 0.6) is 0 Å². The van der Waals surface area contributed by atoms with Gasteiger partial charge in [0.25, 0.3) is 0 Å². The molecule has 0 aliphatic carbocycles. The first-order chi connectivity index (χ1) is 30.7. The molecule has 6 nitrogen and oxygen atoms in total. The smallest absolute Gasteiger partial charge is 0.198 e. The summed E-state index contributed by atoms with van der Waals surface area (Å²) in [5.74, 6) is 0.861. The van der Waals surface area contributed by atoms with Gasteiger partial charge < -0.3 is 9.80 Å². The average Bonchev–Trinajstić information content (AvgIpc) is 3.36. The minimum atomic E-state index is 0.431. The van der Waals surface area contributed by atoms with E-state index in [1.54, 1.807) is 0 Å². The molecule has 10 aromatic rings. The summed E-state index contributed by atoms with van der Waals surface area (Å²) in [7, 11) is 0. The lowest BCUT2D eigenvalue weighted by molar-refractivity contribution is 1.09. The number of nitrogens with zero attached hydrogens (tertiary/aromatic N) is 6. The van der Waals surface area contributed by atoms with E-state index in [2.05, 4.69) is 192 Å². The number of benzene rings is 8. The van der Waals surface area contributed by atoms with Crippen LogP contribution in [0.25, 0.3) is 56.7 Å². The van der Waals surface area contributed by atoms with Crippen molar-refractivity contribution < 1.29 is 0 Å². The SMILES string of the molecule is c1ccc(-c2cc(-c3cccc(N(c4ccccc4)c4ccccc4)c3)nc(-c3nc(-c4ccccc4)cc(-c4cccc(N(c5ccccc5)c5ccccc5)c4)n3)n2)cc1. The Bertz CT molecular complexity index is 2770. The Kier molecular flexibility index (Phi) is 10.6. The highest BCUT2D eigenvalue weighted by Crippen LogP contribution is 2.39. The number of hydrogen-bond donors (Lipinski definition) is 0. The fourth-order valence-corrected chi connectivity index (χ4v) is 7.72. The van der Waals surface area contributed by atoms with E-state index in [-0.39, 0.29) is 0 Å². The van der Waals surface area contributed by atoms with Gasteiger partial charge in [-0.25, -0.2) is 19.9 Å². The molecule has 0 saturated carbocycles. The van der Waals surface area contributed by atoms with Gasteiger partial charge in [0.15, 0.2) is 11.6 Å². The molecule has 10 rings (SSSR count). The zero-order valence-electron chi connectivity index (χ0n) is 33.8. The Morgan fingerprint density at radius 3 is 0.758 bits per heavy atom. The lowest BCUT2D eigenvalue weighted by Crippen LogP contribution is -2.10. The number of anilines is 6. The van der Waals surface area contributed by atoms with Gasteiger partial charge in [-0.1, -0.05) is 158 Å². The van der Waals surface area contributed by atoms with Gasteiger partial charge in [-0.15, -0.1) is 0 Å². The molecule has 0 N–H and O–H groups in total. The molecule has 2 heterocycles. The first-order valence-electron chi connectivity index (χ1n) is 20.6. The molecule has 0 aliphatic rings. The van der Waals surface area contributed by atoms with Crippen molar-refractivity contribution in [3.05, 3.63) is 243 Å². The maximum atomic E-state index is 5.28. The molecule has 0 bridgehead atoms. The van der Waals surface area contributed by atoms with E-state index in [9.17, 15) is 0 Å². The van der Waals surface area contributed by atoms with Crippen molar-refractivity contribution in [2.75, 3.05) is 9.80 Å². The topological polar surface area (TPSA) is 58.0 Å². The predicted octanol–water partition coefficient (Wildman–Crippen LogP) is 14.5. The van der Waals surface area contributed by atoms with Crippen molar-refractivity contribution in [2.45, 2.75) is 0 Å². The van der Waals surface area contributed by atoms with Crippen molar-refractivity contribution in [1.82, 2.24) is 19.9 Å².